The smallest absolute Gasteiger partial charge is 0.339 e. The van der Waals surface area contributed by atoms with Crippen molar-refractivity contribution in [1.29, 1.82) is 0 Å². The van der Waals surface area contributed by atoms with E-state index in [1.165, 1.54) is 5.56 Å². The van der Waals surface area contributed by atoms with Crippen molar-refractivity contribution in [2.24, 2.45) is 0 Å². The van der Waals surface area contributed by atoms with Gasteiger partial charge in [-0.25, -0.2) is 4.79 Å². The highest BCUT2D eigenvalue weighted by atomic mass is 16.5. The molecular formula is C26H30N2O5. The van der Waals surface area contributed by atoms with Crippen molar-refractivity contribution in [2.75, 3.05) is 33.4 Å². The third-order valence-electron chi connectivity index (χ3n) is 6.19. The summed E-state index contributed by atoms with van der Waals surface area (Å²) in [6.07, 6.45) is 0.552. The molecule has 0 spiro atoms. The number of ether oxygens (including phenoxy) is 2. The van der Waals surface area contributed by atoms with Crippen LogP contribution >= 0.6 is 0 Å². The number of fused-ring (bicyclic) bond motifs is 1. The van der Waals surface area contributed by atoms with Crippen LogP contribution in [0.1, 0.15) is 28.7 Å². The second-order valence-corrected chi connectivity index (χ2v) is 8.29. The van der Waals surface area contributed by atoms with E-state index in [1.807, 2.05) is 37.3 Å². The molecule has 1 aromatic heterocycles. The summed E-state index contributed by atoms with van der Waals surface area (Å²) in [5, 5.41) is 3.86. The number of aryl methyl sites for hydroxylation is 1. The van der Waals surface area contributed by atoms with Gasteiger partial charge in [-0.05, 0) is 42.2 Å². The van der Waals surface area contributed by atoms with Crippen molar-refractivity contribution in [3.05, 3.63) is 75.1 Å². The topological polar surface area (TPSA) is 81.0 Å². The van der Waals surface area contributed by atoms with Crippen LogP contribution in [0.25, 0.3) is 11.0 Å². The van der Waals surface area contributed by atoms with E-state index in [2.05, 4.69) is 16.3 Å². The van der Waals surface area contributed by atoms with Crippen molar-refractivity contribution in [3.8, 4) is 5.75 Å². The molecule has 1 N–H and O–H groups in total. The van der Waals surface area contributed by atoms with Gasteiger partial charge in [0.2, 0.25) is 5.91 Å². The van der Waals surface area contributed by atoms with Gasteiger partial charge in [0.1, 0.15) is 11.3 Å². The second-order valence-electron chi connectivity index (χ2n) is 8.29. The van der Waals surface area contributed by atoms with Crippen molar-refractivity contribution in [1.82, 2.24) is 10.2 Å². The lowest BCUT2D eigenvalue weighted by Gasteiger charge is -2.27. The molecule has 0 aliphatic carbocycles. The number of benzene rings is 2. The molecule has 7 nitrogen and oxygen atoms in total. The Morgan fingerprint density at radius 2 is 1.88 bits per heavy atom. The molecule has 0 atom stereocenters. The summed E-state index contributed by atoms with van der Waals surface area (Å²) in [5.41, 5.74) is 3.77. The zero-order chi connectivity index (χ0) is 23.2. The van der Waals surface area contributed by atoms with Crippen LogP contribution in [-0.4, -0.2) is 44.2 Å². The number of rotatable bonds is 8. The van der Waals surface area contributed by atoms with Crippen LogP contribution in [0.4, 0.5) is 0 Å². The highest BCUT2D eigenvalue weighted by molar-refractivity contribution is 5.82. The summed E-state index contributed by atoms with van der Waals surface area (Å²) in [4.78, 5) is 27.5. The molecule has 7 heteroatoms. The fraction of sp³-hybridized carbons (Fsp3) is 0.385. The summed E-state index contributed by atoms with van der Waals surface area (Å²) in [7, 11) is 1.57. The molecule has 1 saturated heterocycles. The lowest BCUT2D eigenvalue weighted by Crippen LogP contribution is -2.36. The first-order valence-corrected chi connectivity index (χ1v) is 11.3. The summed E-state index contributed by atoms with van der Waals surface area (Å²) < 4.78 is 16.1. The van der Waals surface area contributed by atoms with Gasteiger partial charge in [0.25, 0.3) is 0 Å². The quantitative estimate of drug-likeness (QED) is 0.531. The number of morpholine rings is 1. The van der Waals surface area contributed by atoms with Crippen LogP contribution < -0.4 is 15.7 Å². The third-order valence-corrected chi connectivity index (χ3v) is 6.19. The monoisotopic (exact) mass is 450 g/mol. The fourth-order valence-electron chi connectivity index (χ4n) is 4.20. The number of carbonyl (C=O) groups excluding carboxylic acids is 1. The van der Waals surface area contributed by atoms with Gasteiger partial charge in [-0.1, -0.05) is 24.3 Å². The molecule has 1 aliphatic rings. The zero-order valence-electron chi connectivity index (χ0n) is 19.2. The number of hydrogen-bond acceptors (Lipinski definition) is 6. The first-order valence-electron chi connectivity index (χ1n) is 11.3. The van der Waals surface area contributed by atoms with E-state index in [0.29, 0.717) is 29.9 Å². The molecule has 0 unspecified atom stereocenters. The van der Waals surface area contributed by atoms with E-state index in [4.69, 9.17) is 13.9 Å². The van der Waals surface area contributed by atoms with Gasteiger partial charge in [-0.3, -0.25) is 9.69 Å². The van der Waals surface area contributed by atoms with Crippen LogP contribution in [-0.2, 0) is 29.0 Å². The third kappa shape index (κ3) is 5.61. The van der Waals surface area contributed by atoms with Crippen molar-refractivity contribution in [2.45, 2.75) is 32.9 Å². The molecule has 4 rings (SSSR count). The molecule has 1 amide bonds. The SMILES string of the molecule is COc1ccc2c(C)c(CCC(=O)NCc3ccccc3CN3CCOCC3)c(=O)oc2c1. The molecule has 2 aromatic carbocycles. The largest absolute Gasteiger partial charge is 0.497 e. The highest BCUT2D eigenvalue weighted by Crippen LogP contribution is 2.24. The number of hydrogen-bond donors (Lipinski definition) is 1. The standard InChI is InChI=1S/C26H30N2O5/c1-18-22-8-7-21(31-2)15-24(22)33-26(30)23(18)9-10-25(29)27-16-19-5-3-4-6-20(19)17-28-11-13-32-14-12-28/h3-8,15H,9-14,16-17H2,1-2H3,(H,27,29). The Balaban J connectivity index is 1.37. The first-order chi connectivity index (χ1) is 16.0. The Hall–Kier alpha value is -3.16. The Morgan fingerprint density at radius 1 is 1.12 bits per heavy atom. The van der Waals surface area contributed by atoms with E-state index in [-0.39, 0.29) is 12.3 Å². The van der Waals surface area contributed by atoms with Crippen LogP contribution in [0, 0.1) is 6.92 Å². The minimum atomic E-state index is -0.406. The molecule has 0 radical (unpaired) electrons. The Labute approximate surface area is 193 Å². The van der Waals surface area contributed by atoms with Gasteiger partial charge < -0.3 is 19.2 Å². The van der Waals surface area contributed by atoms with E-state index in [1.54, 1.807) is 13.2 Å². The highest BCUT2D eigenvalue weighted by Gasteiger charge is 2.15. The maximum atomic E-state index is 12.6. The molecule has 33 heavy (non-hydrogen) atoms. The normalized spacial score (nSPS) is 14.4. The molecular weight excluding hydrogens is 420 g/mol. The Morgan fingerprint density at radius 3 is 2.64 bits per heavy atom. The Kier molecular flexibility index (Phi) is 7.42. The second kappa shape index (κ2) is 10.6. The van der Waals surface area contributed by atoms with Crippen LogP contribution in [0.3, 0.4) is 0 Å². The predicted octanol–water partition coefficient (Wildman–Crippen LogP) is 3.19. The summed E-state index contributed by atoms with van der Waals surface area (Å²) >= 11 is 0. The molecule has 174 valence electrons. The summed E-state index contributed by atoms with van der Waals surface area (Å²) in [5.74, 6) is 0.538. The molecule has 2 heterocycles. The Bertz CT molecular complexity index is 1180. The average Bonchev–Trinajstić information content (AvgIpc) is 2.83. The lowest BCUT2D eigenvalue weighted by atomic mass is 10.0. The summed E-state index contributed by atoms with van der Waals surface area (Å²) in [6, 6.07) is 13.6. The van der Waals surface area contributed by atoms with E-state index in [9.17, 15) is 9.59 Å². The minimum absolute atomic E-state index is 0.0928. The molecule has 1 aliphatic heterocycles. The van der Waals surface area contributed by atoms with Gasteiger partial charge in [-0.15, -0.1) is 0 Å². The number of carbonyl (C=O) groups is 1. The van der Waals surface area contributed by atoms with E-state index in [0.717, 1.165) is 49.4 Å². The van der Waals surface area contributed by atoms with Gasteiger partial charge in [0.05, 0.1) is 20.3 Å². The first kappa shape index (κ1) is 23.0. The lowest BCUT2D eigenvalue weighted by molar-refractivity contribution is -0.121. The molecule has 3 aromatic rings. The van der Waals surface area contributed by atoms with Gasteiger partial charge in [-0.2, -0.15) is 0 Å². The maximum absolute atomic E-state index is 12.6. The van der Waals surface area contributed by atoms with Crippen molar-refractivity contribution >= 4 is 16.9 Å². The molecule has 0 saturated carbocycles. The van der Waals surface area contributed by atoms with Gasteiger partial charge in [0, 0.05) is 49.6 Å². The zero-order valence-corrected chi connectivity index (χ0v) is 19.2. The average molecular weight is 451 g/mol. The molecule has 1 fully saturated rings. The fourth-order valence-corrected chi connectivity index (χ4v) is 4.20. The van der Waals surface area contributed by atoms with Crippen LogP contribution in [0.5, 0.6) is 5.75 Å². The van der Waals surface area contributed by atoms with Gasteiger partial charge in [0.15, 0.2) is 0 Å². The number of methoxy groups -OCH3 is 1. The maximum Gasteiger partial charge on any atom is 0.339 e. The van der Waals surface area contributed by atoms with Crippen molar-refractivity contribution in [3.63, 3.8) is 0 Å². The van der Waals surface area contributed by atoms with Crippen LogP contribution in [0.15, 0.2) is 51.7 Å². The van der Waals surface area contributed by atoms with E-state index >= 15 is 0 Å². The number of nitrogens with zero attached hydrogens (tertiary/aromatic N) is 1. The molecule has 0 bridgehead atoms. The summed E-state index contributed by atoms with van der Waals surface area (Å²) in [6.45, 7) is 6.55. The van der Waals surface area contributed by atoms with E-state index < -0.39 is 5.63 Å². The van der Waals surface area contributed by atoms with Gasteiger partial charge >= 0.3 is 5.63 Å². The number of amides is 1. The minimum Gasteiger partial charge on any atom is -0.497 e. The van der Waals surface area contributed by atoms with Crippen LogP contribution in [0.2, 0.25) is 0 Å². The number of nitrogens with one attached hydrogen (secondary N) is 1. The van der Waals surface area contributed by atoms with Crippen molar-refractivity contribution < 1.29 is 18.7 Å². The predicted molar refractivity (Wildman–Crippen MR) is 126 cm³/mol.